The van der Waals surface area contributed by atoms with E-state index in [-0.39, 0.29) is 17.1 Å². The Morgan fingerprint density at radius 3 is 2.57 bits per heavy atom. The van der Waals surface area contributed by atoms with E-state index in [2.05, 4.69) is 15.0 Å². The topological polar surface area (TPSA) is 127 Å². The maximum atomic E-state index is 13.0. The summed E-state index contributed by atoms with van der Waals surface area (Å²) in [6, 6.07) is 1.02. The van der Waals surface area contributed by atoms with Crippen LogP contribution in [-0.4, -0.2) is 39.5 Å². The van der Waals surface area contributed by atoms with Crippen molar-refractivity contribution in [2.75, 3.05) is 23.7 Å². The highest BCUT2D eigenvalue weighted by atomic mass is 19.4. The lowest BCUT2D eigenvalue weighted by molar-refractivity contribution is -0.138. The summed E-state index contributed by atoms with van der Waals surface area (Å²) in [6.07, 6.45) is 0.0611. The lowest BCUT2D eigenvalue weighted by atomic mass is 9.91. The summed E-state index contributed by atoms with van der Waals surface area (Å²) in [4.78, 5) is 13.7. The van der Waals surface area contributed by atoms with E-state index in [1.165, 1.54) is 6.20 Å². The third kappa shape index (κ3) is 4.30. The monoisotopic (exact) mass is 395 g/mol. The van der Waals surface area contributed by atoms with Gasteiger partial charge in [0.25, 0.3) is 0 Å². The highest BCUT2D eigenvalue weighted by Crippen LogP contribution is 2.35. The Morgan fingerprint density at radius 1 is 1.29 bits per heavy atom. The molecule has 0 saturated carbocycles. The second-order valence-corrected chi connectivity index (χ2v) is 6.90. The summed E-state index contributed by atoms with van der Waals surface area (Å²) in [6.45, 7) is 3.35. The highest BCUT2D eigenvalue weighted by Gasteiger charge is 2.35. The van der Waals surface area contributed by atoms with Gasteiger partial charge in [0.05, 0.1) is 6.20 Å². The van der Waals surface area contributed by atoms with Crippen molar-refractivity contribution in [2.45, 2.75) is 31.5 Å². The average molecular weight is 395 g/mol. The number of hydrogen-bond donors (Lipinski definition) is 3. The Bertz CT molecular complexity index is 875. The summed E-state index contributed by atoms with van der Waals surface area (Å²) in [5, 5.41) is 7.95. The molecule has 0 bridgehead atoms. The minimum Gasteiger partial charge on any atom is -0.437 e. The molecular formula is C17H20F3N7O. The van der Waals surface area contributed by atoms with Crippen molar-refractivity contribution in [3.63, 3.8) is 0 Å². The van der Waals surface area contributed by atoms with Crippen LogP contribution in [0.3, 0.4) is 0 Å². The Hall–Kier alpha value is -2.95. The summed E-state index contributed by atoms with van der Waals surface area (Å²) >= 11 is 0. The smallest absolute Gasteiger partial charge is 0.421 e. The van der Waals surface area contributed by atoms with Crippen molar-refractivity contribution in [2.24, 2.45) is 5.73 Å². The van der Waals surface area contributed by atoms with E-state index in [4.69, 9.17) is 21.6 Å². The maximum Gasteiger partial charge on any atom is 0.421 e. The number of nitrogen functional groups attached to an aromatic ring is 1. The number of halogens is 3. The van der Waals surface area contributed by atoms with Crippen LogP contribution in [0.4, 0.5) is 24.8 Å². The molecule has 11 heteroatoms. The molecule has 1 aliphatic rings. The molecule has 2 aromatic heterocycles. The number of rotatable bonds is 3. The van der Waals surface area contributed by atoms with E-state index < -0.39 is 23.4 Å². The van der Waals surface area contributed by atoms with Crippen LogP contribution in [0.25, 0.3) is 0 Å². The highest BCUT2D eigenvalue weighted by molar-refractivity contribution is 5.95. The van der Waals surface area contributed by atoms with Crippen LogP contribution in [-0.2, 0) is 6.18 Å². The Balaban J connectivity index is 1.77. The first-order valence-corrected chi connectivity index (χ1v) is 8.51. The van der Waals surface area contributed by atoms with Gasteiger partial charge in [-0.25, -0.2) is 9.97 Å². The first-order valence-electron chi connectivity index (χ1n) is 8.51. The average Bonchev–Trinajstić information content (AvgIpc) is 2.61. The fourth-order valence-electron chi connectivity index (χ4n) is 2.81. The molecule has 0 spiro atoms. The van der Waals surface area contributed by atoms with Crippen LogP contribution in [0.2, 0.25) is 0 Å². The Labute approximate surface area is 159 Å². The number of piperidine rings is 1. The molecule has 0 aromatic carbocycles. The number of nitrogens with two attached hydrogens (primary N) is 2. The number of nitrogens with zero attached hydrogens (tertiary/aromatic N) is 4. The largest absolute Gasteiger partial charge is 0.437 e. The molecule has 8 nitrogen and oxygen atoms in total. The lowest BCUT2D eigenvalue weighted by Crippen LogP contribution is -2.48. The number of hydrogen-bond acceptors (Lipinski definition) is 8. The van der Waals surface area contributed by atoms with E-state index in [0.29, 0.717) is 25.1 Å². The molecule has 1 saturated heterocycles. The third-order valence-electron chi connectivity index (χ3n) is 4.53. The Kier molecular flexibility index (Phi) is 5.11. The van der Waals surface area contributed by atoms with E-state index in [0.717, 1.165) is 25.1 Å². The summed E-state index contributed by atoms with van der Waals surface area (Å²) in [5.41, 5.74) is 10.5. The fourth-order valence-corrected chi connectivity index (χ4v) is 2.81. The molecular weight excluding hydrogens is 375 g/mol. The zero-order valence-electron chi connectivity index (χ0n) is 15.1. The van der Waals surface area contributed by atoms with Crippen LogP contribution in [0, 0.1) is 5.41 Å². The second kappa shape index (κ2) is 7.23. The van der Waals surface area contributed by atoms with Gasteiger partial charge in [0.1, 0.15) is 17.1 Å². The van der Waals surface area contributed by atoms with Crippen molar-refractivity contribution in [1.82, 2.24) is 15.0 Å². The van der Waals surface area contributed by atoms with Crippen molar-refractivity contribution in [3.05, 3.63) is 35.9 Å². The molecule has 1 fully saturated rings. The molecule has 0 unspecified atom stereocenters. The van der Waals surface area contributed by atoms with Crippen LogP contribution in [0.5, 0.6) is 5.75 Å². The zero-order valence-corrected chi connectivity index (χ0v) is 15.1. The van der Waals surface area contributed by atoms with Gasteiger partial charge in [0.15, 0.2) is 11.5 Å². The zero-order chi connectivity index (χ0) is 20.5. The van der Waals surface area contributed by atoms with E-state index >= 15 is 0 Å². The molecule has 150 valence electrons. The first-order chi connectivity index (χ1) is 13.1. The predicted octanol–water partition coefficient (Wildman–Crippen LogP) is 2.19. The first kappa shape index (κ1) is 19.8. The van der Waals surface area contributed by atoms with Gasteiger partial charge in [0.2, 0.25) is 5.90 Å². The van der Waals surface area contributed by atoms with E-state index in [1.807, 2.05) is 11.8 Å². The second-order valence-electron chi connectivity index (χ2n) is 6.90. The number of pyridine rings is 1. The molecule has 2 aromatic rings. The molecule has 3 heterocycles. The fraction of sp³-hybridized carbons (Fsp3) is 0.412. The van der Waals surface area contributed by atoms with Gasteiger partial charge < -0.3 is 21.1 Å². The van der Waals surface area contributed by atoms with Gasteiger partial charge in [-0.2, -0.15) is 13.2 Å². The molecule has 3 rings (SSSR count). The van der Waals surface area contributed by atoms with Gasteiger partial charge in [-0.1, -0.05) is 0 Å². The minimum atomic E-state index is -4.67. The number of nitrogens with one attached hydrogen (secondary N) is 1. The summed E-state index contributed by atoms with van der Waals surface area (Å²) < 4.78 is 44.2. The molecule has 5 N–H and O–H groups in total. The van der Waals surface area contributed by atoms with Crippen LogP contribution in [0.1, 0.15) is 31.0 Å². The lowest BCUT2D eigenvalue weighted by Gasteiger charge is -2.37. The number of ether oxygens (including phenoxy) is 1. The standard InChI is InChI=1S/C17H20F3N7O/c1-16(23)3-6-27(7-4-16)12-9-25-13(14(21)26-12)15(22)28-11-2-5-24-8-10(11)17(18,19)20/h2,5,8-9,22H,3-4,6-7,23H2,1H3,(H2,21,26). The maximum absolute atomic E-state index is 13.0. The molecule has 0 radical (unpaired) electrons. The van der Waals surface area contributed by atoms with Gasteiger partial charge in [-0.15, -0.1) is 0 Å². The molecule has 0 atom stereocenters. The SMILES string of the molecule is CC1(N)CCN(c2cnc(C(=N)Oc3ccncc3C(F)(F)F)c(N)n2)CC1. The molecule has 28 heavy (non-hydrogen) atoms. The molecule has 1 aliphatic heterocycles. The van der Waals surface area contributed by atoms with Crippen molar-refractivity contribution < 1.29 is 17.9 Å². The summed E-state index contributed by atoms with van der Waals surface area (Å²) in [5.74, 6) is -0.784. The third-order valence-corrected chi connectivity index (χ3v) is 4.53. The van der Waals surface area contributed by atoms with E-state index in [1.54, 1.807) is 0 Å². The van der Waals surface area contributed by atoms with Gasteiger partial charge >= 0.3 is 6.18 Å². The van der Waals surface area contributed by atoms with Crippen LogP contribution < -0.4 is 21.1 Å². The predicted molar refractivity (Wildman–Crippen MR) is 97.2 cm³/mol. The van der Waals surface area contributed by atoms with Crippen LogP contribution >= 0.6 is 0 Å². The summed E-state index contributed by atoms with van der Waals surface area (Å²) in [7, 11) is 0. The molecule has 0 amide bonds. The van der Waals surface area contributed by atoms with Crippen molar-refractivity contribution >= 4 is 17.5 Å². The normalized spacial score (nSPS) is 16.7. The van der Waals surface area contributed by atoms with Crippen LogP contribution in [0.15, 0.2) is 24.7 Å². The molecule has 0 aliphatic carbocycles. The number of anilines is 2. The Morgan fingerprint density at radius 2 is 1.96 bits per heavy atom. The number of alkyl halides is 3. The van der Waals surface area contributed by atoms with Gasteiger partial charge in [-0.05, 0) is 25.8 Å². The minimum absolute atomic E-state index is 0.105. The van der Waals surface area contributed by atoms with Crippen molar-refractivity contribution in [1.29, 1.82) is 5.41 Å². The van der Waals surface area contributed by atoms with Crippen molar-refractivity contribution in [3.8, 4) is 5.75 Å². The van der Waals surface area contributed by atoms with Gasteiger partial charge in [-0.3, -0.25) is 10.4 Å². The van der Waals surface area contributed by atoms with E-state index in [9.17, 15) is 13.2 Å². The quantitative estimate of drug-likeness (QED) is 0.537. The number of aromatic nitrogens is 3. The van der Waals surface area contributed by atoms with Gasteiger partial charge in [0, 0.05) is 31.0 Å².